The van der Waals surface area contributed by atoms with Gasteiger partial charge in [-0.05, 0) is 38.0 Å². The molecule has 2 unspecified atom stereocenters. The lowest BCUT2D eigenvalue weighted by molar-refractivity contribution is -0.127. The number of nitrogens with one attached hydrogen (secondary N) is 1. The molecule has 1 amide bonds. The Kier molecular flexibility index (Phi) is 5.00. The van der Waals surface area contributed by atoms with Crippen molar-refractivity contribution < 1.29 is 9.18 Å². The number of hydrogen-bond donors (Lipinski definition) is 2. The van der Waals surface area contributed by atoms with E-state index in [-0.39, 0.29) is 22.8 Å². The quantitative estimate of drug-likeness (QED) is 0.816. The van der Waals surface area contributed by atoms with Crippen molar-refractivity contribution >= 4 is 23.1 Å². The second-order valence-corrected chi connectivity index (χ2v) is 5.24. The molecule has 0 spiro atoms. The van der Waals surface area contributed by atoms with Gasteiger partial charge in [0.15, 0.2) is 0 Å². The lowest BCUT2D eigenvalue weighted by atomic mass is 9.86. The molecule has 0 aliphatic heterocycles. The van der Waals surface area contributed by atoms with E-state index in [1.807, 2.05) is 6.92 Å². The lowest BCUT2D eigenvalue weighted by Gasteiger charge is -2.27. The summed E-state index contributed by atoms with van der Waals surface area (Å²) in [6.07, 6.45) is 0.518. The van der Waals surface area contributed by atoms with E-state index in [9.17, 15) is 9.18 Å². The fourth-order valence-electron chi connectivity index (χ4n) is 1.66. The molecule has 1 aromatic rings. The number of carbonyl (C=O) groups is 1. The molecule has 0 aliphatic rings. The van der Waals surface area contributed by atoms with Crippen molar-refractivity contribution in [2.45, 2.75) is 33.2 Å². The second-order valence-electron chi connectivity index (χ2n) is 4.80. The van der Waals surface area contributed by atoms with Crippen molar-refractivity contribution in [3.63, 3.8) is 0 Å². The third-order valence-electron chi connectivity index (χ3n) is 3.45. The molecule has 0 aromatic heterocycles. The Balaban J connectivity index is 2.85. The second kappa shape index (κ2) is 6.10. The molecule has 0 fully saturated rings. The molecule has 0 saturated heterocycles. The molecule has 3 N–H and O–H groups in total. The zero-order chi connectivity index (χ0) is 14.6. The molecule has 0 heterocycles. The maximum Gasteiger partial charge on any atom is 0.233 e. The van der Waals surface area contributed by atoms with Crippen LogP contribution in [-0.4, -0.2) is 10.9 Å². The largest absolute Gasteiger partial charge is 0.392 e. The fraction of sp³-hybridized carbons (Fsp3) is 0.429. The summed E-state index contributed by atoms with van der Waals surface area (Å²) in [5.74, 6) is -0.564. The third-order valence-corrected chi connectivity index (χ3v) is 3.90. The molecule has 0 saturated carbocycles. The summed E-state index contributed by atoms with van der Waals surface area (Å²) < 4.78 is 13.1. The molecule has 19 heavy (non-hydrogen) atoms. The summed E-state index contributed by atoms with van der Waals surface area (Å²) in [5.41, 5.74) is 5.46. The number of rotatable bonds is 5. The number of hydrogen-bond acceptors (Lipinski definition) is 2. The lowest BCUT2D eigenvalue weighted by Crippen LogP contribution is -2.47. The number of carbonyl (C=O) groups excluding carboxylic acids is 1. The van der Waals surface area contributed by atoms with Crippen LogP contribution in [0.5, 0.6) is 0 Å². The summed E-state index contributed by atoms with van der Waals surface area (Å²) in [6, 6.07) is 5.83. The molecule has 2 atom stereocenters. The van der Waals surface area contributed by atoms with Crippen LogP contribution < -0.4 is 11.1 Å². The van der Waals surface area contributed by atoms with Crippen molar-refractivity contribution in [3.8, 4) is 0 Å². The molecular formula is C14H19FN2OS. The standard InChI is InChI=1S/C14H19FN2OS/c1-4-14(3,12(16)19)13(18)17-9(2)10-6-5-7-11(15)8-10/h5-9H,4H2,1-3H3,(H2,16,19)(H,17,18). The summed E-state index contributed by atoms with van der Waals surface area (Å²) in [5, 5.41) is 2.82. The van der Waals surface area contributed by atoms with Crippen LogP contribution in [0.3, 0.4) is 0 Å². The summed E-state index contributed by atoms with van der Waals surface area (Å²) in [7, 11) is 0. The van der Waals surface area contributed by atoms with Crippen molar-refractivity contribution in [2.75, 3.05) is 0 Å². The molecule has 0 bridgehead atoms. The van der Waals surface area contributed by atoms with Crippen molar-refractivity contribution in [3.05, 3.63) is 35.6 Å². The van der Waals surface area contributed by atoms with Gasteiger partial charge in [-0.2, -0.15) is 0 Å². The first kappa shape index (κ1) is 15.6. The third kappa shape index (κ3) is 3.50. The summed E-state index contributed by atoms with van der Waals surface area (Å²) >= 11 is 4.95. The van der Waals surface area contributed by atoms with Gasteiger partial charge >= 0.3 is 0 Å². The van der Waals surface area contributed by atoms with Gasteiger partial charge in [-0.15, -0.1) is 0 Å². The Labute approximate surface area is 118 Å². The van der Waals surface area contributed by atoms with E-state index >= 15 is 0 Å². The molecule has 104 valence electrons. The Morgan fingerprint density at radius 2 is 2.21 bits per heavy atom. The van der Waals surface area contributed by atoms with E-state index in [1.54, 1.807) is 26.0 Å². The molecule has 1 aromatic carbocycles. The molecule has 1 rings (SSSR count). The smallest absolute Gasteiger partial charge is 0.233 e. The van der Waals surface area contributed by atoms with Crippen LogP contribution in [0, 0.1) is 11.2 Å². The van der Waals surface area contributed by atoms with Crippen molar-refractivity contribution in [2.24, 2.45) is 11.1 Å². The van der Waals surface area contributed by atoms with Gasteiger partial charge in [-0.1, -0.05) is 31.3 Å². The maximum absolute atomic E-state index is 13.1. The first-order valence-corrected chi connectivity index (χ1v) is 6.58. The SMILES string of the molecule is CCC(C)(C(=O)NC(C)c1cccc(F)c1)C(N)=S. The van der Waals surface area contributed by atoms with Crippen LogP contribution in [-0.2, 0) is 4.79 Å². The molecule has 3 nitrogen and oxygen atoms in total. The monoisotopic (exact) mass is 282 g/mol. The van der Waals surface area contributed by atoms with Gasteiger partial charge in [-0.3, -0.25) is 4.79 Å². The van der Waals surface area contributed by atoms with Crippen LogP contribution in [0.2, 0.25) is 0 Å². The fourth-order valence-corrected chi connectivity index (χ4v) is 1.90. The molecule has 0 aliphatic carbocycles. The molecular weight excluding hydrogens is 263 g/mol. The van der Waals surface area contributed by atoms with E-state index in [0.717, 1.165) is 0 Å². The molecule has 5 heteroatoms. The van der Waals surface area contributed by atoms with Crippen LogP contribution >= 0.6 is 12.2 Å². The topological polar surface area (TPSA) is 55.1 Å². The number of nitrogens with two attached hydrogens (primary N) is 1. The van der Waals surface area contributed by atoms with Gasteiger partial charge in [0.25, 0.3) is 0 Å². The van der Waals surface area contributed by atoms with Crippen LogP contribution in [0.25, 0.3) is 0 Å². The Morgan fingerprint density at radius 1 is 1.58 bits per heavy atom. The highest BCUT2D eigenvalue weighted by Gasteiger charge is 2.35. The van der Waals surface area contributed by atoms with Crippen LogP contribution in [0.1, 0.15) is 38.8 Å². The predicted octanol–water partition coefficient (Wildman–Crippen LogP) is 2.71. The first-order chi connectivity index (χ1) is 8.81. The first-order valence-electron chi connectivity index (χ1n) is 6.17. The minimum atomic E-state index is -0.878. The Hall–Kier alpha value is -1.49. The highest BCUT2D eigenvalue weighted by molar-refractivity contribution is 7.80. The number of thiocarbonyl (C=S) groups is 1. The average Bonchev–Trinajstić information content (AvgIpc) is 2.37. The number of amides is 1. The van der Waals surface area contributed by atoms with Crippen molar-refractivity contribution in [1.82, 2.24) is 5.32 Å². The van der Waals surface area contributed by atoms with Crippen LogP contribution in [0.15, 0.2) is 24.3 Å². The minimum Gasteiger partial charge on any atom is -0.392 e. The van der Waals surface area contributed by atoms with Gasteiger partial charge in [0.1, 0.15) is 5.82 Å². The average molecular weight is 282 g/mol. The normalized spacial score (nSPS) is 15.4. The van der Waals surface area contributed by atoms with Gasteiger partial charge in [0.2, 0.25) is 5.91 Å². The van der Waals surface area contributed by atoms with Gasteiger partial charge < -0.3 is 11.1 Å². The van der Waals surface area contributed by atoms with E-state index in [4.69, 9.17) is 18.0 Å². The Bertz CT molecular complexity index is 492. The van der Waals surface area contributed by atoms with Crippen LogP contribution in [0.4, 0.5) is 4.39 Å². The zero-order valence-corrected chi connectivity index (χ0v) is 12.2. The van der Waals surface area contributed by atoms with Gasteiger partial charge in [-0.25, -0.2) is 4.39 Å². The van der Waals surface area contributed by atoms with E-state index in [2.05, 4.69) is 5.32 Å². The number of halogens is 1. The Morgan fingerprint density at radius 3 is 2.68 bits per heavy atom. The minimum absolute atomic E-state index is 0.166. The summed E-state index contributed by atoms with van der Waals surface area (Å²) in [4.78, 5) is 12.4. The van der Waals surface area contributed by atoms with Crippen molar-refractivity contribution in [1.29, 1.82) is 0 Å². The van der Waals surface area contributed by atoms with Gasteiger partial charge in [0, 0.05) is 0 Å². The van der Waals surface area contributed by atoms with E-state index in [1.165, 1.54) is 12.1 Å². The van der Waals surface area contributed by atoms with Gasteiger partial charge in [0.05, 0.1) is 16.4 Å². The summed E-state index contributed by atoms with van der Waals surface area (Å²) in [6.45, 7) is 5.36. The highest BCUT2D eigenvalue weighted by atomic mass is 32.1. The zero-order valence-electron chi connectivity index (χ0n) is 11.4. The molecule has 0 radical (unpaired) electrons. The van der Waals surface area contributed by atoms with E-state index < -0.39 is 5.41 Å². The predicted molar refractivity (Wildman–Crippen MR) is 78.1 cm³/mol. The highest BCUT2D eigenvalue weighted by Crippen LogP contribution is 2.24. The van der Waals surface area contributed by atoms with E-state index in [0.29, 0.717) is 12.0 Å². The maximum atomic E-state index is 13.1. The number of benzene rings is 1.